The molecule has 8 nitrogen and oxygen atoms in total. The molecule has 2 aromatic rings. The van der Waals surface area contributed by atoms with Gasteiger partial charge in [-0.1, -0.05) is 6.08 Å². The molecule has 5 N–H and O–H groups in total. The lowest BCUT2D eigenvalue weighted by molar-refractivity contribution is 0.0696. The van der Waals surface area contributed by atoms with Crippen molar-refractivity contribution >= 4 is 5.97 Å². The van der Waals surface area contributed by atoms with E-state index in [4.69, 9.17) is 25.7 Å². The molecule has 0 saturated carbocycles. The fourth-order valence-electron chi connectivity index (χ4n) is 1.69. The van der Waals surface area contributed by atoms with Gasteiger partial charge in [-0.15, -0.1) is 6.58 Å². The zero-order valence-electron chi connectivity index (χ0n) is 12.7. The van der Waals surface area contributed by atoms with E-state index in [1.807, 2.05) is 0 Å². The Kier molecular flexibility index (Phi) is 6.85. The van der Waals surface area contributed by atoms with Gasteiger partial charge in [0.1, 0.15) is 5.82 Å². The number of allylic oxidation sites excluding steroid dienone is 1. The van der Waals surface area contributed by atoms with Crippen LogP contribution >= 0.6 is 0 Å². The number of aryl methyl sites for hydroxylation is 1. The summed E-state index contributed by atoms with van der Waals surface area (Å²) < 4.78 is 0. The molecule has 0 aliphatic carbocycles. The van der Waals surface area contributed by atoms with E-state index in [1.54, 1.807) is 12.3 Å². The number of nitrogens with zero attached hydrogens (tertiary/aromatic N) is 2. The van der Waals surface area contributed by atoms with E-state index in [9.17, 15) is 4.79 Å². The Hall–Kier alpha value is -3.47. The van der Waals surface area contributed by atoms with Crippen LogP contribution in [0.4, 0.5) is 0 Å². The summed E-state index contributed by atoms with van der Waals surface area (Å²) in [5.74, 6) is -2.42. The molecular weight excluding hydrogens is 314 g/mol. The number of phenolic OH excluding ortho intramolecular Hbond substituents is 3. The highest BCUT2D eigenvalue weighted by Gasteiger charge is 2.11. The number of aromatic carboxylic acids is 1. The third kappa shape index (κ3) is 5.38. The summed E-state index contributed by atoms with van der Waals surface area (Å²) in [5.41, 5.74) is 0.733. The lowest BCUT2D eigenvalue weighted by Gasteiger charge is -2.01. The quantitative estimate of drug-likeness (QED) is 0.415. The molecule has 1 heterocycles. The van der Waals surface area contributed by atoms with Crippen LogP contribution in [0.5, 0.6) is 17.2 Å². The van der Waals surface area contributed by atoms with Gasteiger partial charge >= 0.3 is 5.97 Å². The number of aromatic nitrogens is 2. The van der Waals surface area contributed by atoms with Gasteiger partial charge in [-0.05, 0) is 12.1 Å². The average molecular weight is 331 g/mol. The van der Waals surface area contributed by atoms with Crippen LogP contribution < -0.4 is 0 Å². The van der Waals surface area contributed by atoms with Crippen LogP contribution in [0.1, 0.15) is 28.3 Å². The van der Waals surface area contributed by atoms with Crippen molar-refractivity contribution in [1.82, 2.24) is 9.97 Å². The number of H-pyrrole nitrogens is 1. The molecule has 2 rings (SSSR count). The first-order chi connectivity index (χ1) is 11.4. The largest absolute Gasteiger partial charge is 0.504 e. The van der Waals surface area contributed by atoms with Crippen molar-refractivity contribution in [2.75, 3.05) is 0 Å². The van der Waals surface area contributed by atoms with E-state index in [-0.39, 0.29) is 5.56 Å². The van der Waals surface area contributed by atoms with Crippen LogP contribution in [-0.4, -0.2) is 36.4 Å². The van der Waals surface area contributed by atoms with Crippen LogP contribution in [0.3, 0.4) is 0 Å². The smallest absolute Gasteiger partial charge is 0.335 e. The molecule has 0 spiro atoms. The van der Waals surface area contributed by atoms with Crippen molar-refractivity contribution in [3.63, 3.8) is 0 Å². The molecule has 0 fully saturated rings. The Bertz CT molecular complexity index is 738. The summed E-state index contributed by atoms with van der Waals surface area (Å²) in [5, 5.41) is 43.3. The van der Waals surface area contributed by atoms with Crippen molar-refractivity contribution < 1.29 is 25.2 Å². The molecule has 24 heavy (non-hydrogen) atoms. The first-order valence-electron chi connectivity index (χ1n) is 6.87. The Labute approximate surface area is 138 Å². The number of imidazole rings is 1. The number of carboxylic acids is 1. The van der Waals surface area contributed by atoms with Gasteiger partial charge in [-0.25, -0.2) is 9.78 Å². The molecule has 1 aromatic heterocycles. The minimum Gasteiger partial charge on any atom is -0.504 e. The fraction of sp³-hybridized carbons (Fsp3) is 0.188. The lowest BCUT2D eigenvalue weighted by Crippen LogP contribution is -1.95. The van der Waals surface area contributed by atoms with Crippen LogP contribution in [0.15, 0.2) is 31.0 Å². The fourth-order valence-corrected chi connectivity index (χ4v) is 1.69. The Morgan fingerprint density at radius 3 is 2.46 bits per heavy atom. The van der Waals surface area contributed by atoms with Crippen LogP contribution in [0.25, 0.3) is 0 Å². The predicted molar refractivity (Wildman–Crippen MR) is 84.8 cm³/mol. The molecule has 0 unspecified atom stereocenters. The SMILES string of the molecule is C=CCc1ncc(CCC#N)[nH]1.O=C(O)c1cc(O)c(O)c(O)c1. The molecule has 0 radical (unpaired) electrons. The molecule has 0 aliphatic heterocycles. The Morgan fingerprint density at radius 2 is 1.96 bits per heavy atom. The minimum atomic E-state index is -1.29. The van der Waals surface area contributed by atoms with E-state index in [2.05, 4.69) is 22.6 Å². The molecule has 0 saturated heterocycles. The number of carboxylic acid groups (broad SMARTS) is 1. The number of nitrogens with one attached hydrogen (secondary N) is 1. The van der Waals surface area contributed by atoms with Gasteiger partial charge < -0.3 is 25.4 Å². The number of hydrogen-bond donors (Lipinski definition) is 5. The number of carbonyl (C=O) groups is 1. The summed E-state index contributed by atoms with van der Waals surface area (Å²) >= 11 is 0. The topological polar surface area (TPSA) is 150 Å². The summed E-state index contributed by atoms with van der Waals surface area (Å²) in [6.45, 7) is 3.62. The molecule has 126 valence electrons. The predicted octanol–water partition coefficient (Wildman–Crippen LogP) is 2.10. The molecule has 0 atom stereocenters. The Balaban J connectivity index is 0.000000240. The minimum absolute atomic E-state index is 0.289. The van der Waals surface area contributed by atoms with Crippen LogP contribution in [0, 0.1) is 11.3 Å². The van der Waals surface area contributed by atoms with E-state index in [1.165, 1.54) is 0 Å². The number of aromatic hydroxyl groups is 3. The highest BCUT2D eigenvalue weighted by molar-refractivity contribution is 5.89. The average Bonchev–Trinajstić information content (AvgIpc) is 2.98. The zero-order valence-corrected chi connectivity index (χ0v) is 12.7. The molecular formula is C16H17N3O5. The maximum Gasteiger partial charge on any atom is 0.335 e. The zero-order chi connectivity index (χ0) is 18.1. The number of rotatable bonds is 5. The number of aromatic amines is 1. The summed E-state index contributed by atoms with van der Waals surface area (Å²) in [6.07, 6.45) is 5.62. The van der Waals surface area contributed by atoms with Gasteiger partial charge in [0.15, 0.2) is 17.2 Å². The highest BCUT2D eigenvalue weighted by Crippen LogP contribution is 2.35. The first kappa shape index (κ1) is 18.6. The monoisotopic (exact) mass is 331 g/mol. The second-order valence-corrected chi connectivity index (χ2v) is 4.67. The van der Waals surface area contributed by atoms with Gasteiger partial charge in [-0.3, -0.25) is 0 Å². The number of benzene rings is 1. The Morgan fingerprint density at radius 1 is 1.33 bits per heavy atom. The van der Waals surface area contributed by atoms with Crippen molar-refractivity contribution in [1.29, 1.82) is 5.26 Å². The van der Waals surface area contributed by atoms with Gasteiger partial charge in [-0.2, -0.15) is 5.26 Å². The summed E-state index contributed by atoms with van der Waals surface area (Å²) in [7, 11) is 0. The second kappa shape index (κ2) is 8.85. The molecule has 0 bridgehead atoms. The van der Waals surface area contributed by atoms with Gasteiger partial charge in [0.05, 0.1) is 11.6 Å². The van der Waals surface area contributed by atoms with Crippen LogP contribution in [-0.2, 0) is 12.8 Å². The van der Waals surface area contributed by atoms with Crippen molar-refractivity contribution in [3.05, 3.63) is 48.1 Å². The summed E-state index contributed by atoms with van der Waals surface area (Å²) in [4.78, 5) is 17.6. The molecule has 1 aromatic carbocycles. The maximum atomic E-state index is 10.3. The molecule has 8 heteroatoms. The van der Waals surface area contributed by atoms with E-state index in [0.29, 0.717) is 6.42 Å². The summed E-state index contributed by atoms with van der Waals surface area (Å²) in [6, 6.07) is 3.78. The van der Waals surface area contributed by atoms with Crippen molar-refractivity contribution in [2.24, 2.45) is 0 Å². The van der Waals surface area contributed by atoms with E-state index < -0.39 is 23.2 Å². The second-order valence-electron chi connectivity index (χ2n) is 4.67. The maximum absolute atomic E-state index is 10.3. The number of nitriles is 1. The number of hydrogen-bond acceptors (Lipinski definition) is 6. The van der Waals surface area contributed by atoms with Crippen molar-refractivity contribution in [2.45, 2.75) is 19.3 Å². The van der Waals surface area contributed by atoms with Gasteiger partial charge in [0.25, 0.3) is 0 Å². The highest BCUT2D eigenvalue weighted by atomic mass is 16.4. The van der Waals surface area contributed by atoms with Crippen molar-refractivity contribution in [3.8, 4) is 23.3 Å². The molecule has 0 amide bonds. The lowest BCUT2D eigenvalue weighted by atomic mass is 10.2. The van der Waals surface area contributed by atoms with E-state index >= 15 is 0 Å². The normalized spacial score (nSPS) is 9.46. The third-order valence-corrected chi connectivity index (χ3v) is 2.84. The third-order valence-electron chi connectivity index (χ3n) is 2.84. The first-order valence-corrected chi connectivity index (χ1v) is 6.87. The van der Waals surface area contributed by atoms with E-state index in [0.717, 1.165) is 36.5 Å². The number of phenols is 3. The standard InChI is InChI=1S/C9H11N3.C7H6O5/c1-2-4-9-11-7-8(12-9)5-3-6-10;8-4-1-3(7(11)12)2-5(9)6(4)10/h2,7H,1,3-5H2,(H,11,12);1-2,8-10H,(H,11,12). The van der Waals surface area contributed by atoms with Gasteiger partial charge in [0.2, 0.25) is 0 Å². The molecule has 0 aliphatic rings. The van der Waals surface area contributed by atoms with Crippen LogP contribution in [0.2, 0.25) is 0 Å². The van der Waals surface area contributed by atoms with Gasteiger partial charge in [0, 0.05) is 31.2 Å².